The van der Waals surface area contributed by atoms with Crippen molar-refractivity contribution in [3.05, 3.63) is 46.7 Å². The van der Waals surface area contributed by atoms with E-state index in [0.29, 0.717) is 18.8 Å². The molecule has 0 N–H and O–H groups in total. The predicted molar refractivity (Wildman–Crippen MR) is 121 cm³/mol. The Morgan fingerprint density at radius 3 is 2.73 bits per heavy atom. The maximum absolute atomic E-state index is 11.9. The SMILES string of the molecule is Cc1ccc(-c2nc(CSc3nnc([C@H]4CCCN(S(C)(=O)=O)C4)n3C)cs2)cc1. The molecule has 1 aromatic carbocycles. The Balaban J connectivity index is 1.42. The van der Waals surface area contributed by atoms with Gasteiger partial charge in [0.1, 0.15) is 10.8 Å². The third kappa shape index (κ3) is 4.77. The molecule has 0 amide bonds. The smallest absolute Gasteiger partial charge is 0.211 e. The molecule has 0 aliphatic carbocycles. The Kier molecular flexibility index (Phi) is 6.29. The molecule has 10 heteroatoms. The average Bonchev–Trinajstić information content (AvgIpc) is 3.33. The fourth-order valence-electron chi connectivity index (χ4n) is 3.60. The first-order chi connectivity index (χ1) is 14.3. The number of thiazole rings is 1. The standard InChI is InChI=1S/C20H25N5O2S3/c1-14-6-8-15(9-7-14)19-21-17(12-28-19)13-29-20-23-22-18(24(20)2)16-5-4-10-25(11-16)30(3,26)27/h6-9,12,16H,4-5,10-11,13H2,1-3H3/t16-/m0/s1. The summed E-state index contributed by atoms with van der Waals surface area (Å²) in [5, 5.41) is 12.7. The summed E-state index contributed by atoms with van der Waals surface area (Å²) in [6, 6.07) is 8.40. The lowest BCUT2D eigenvalue weighted by Gasteiger charge is -2.30. The molecule has 0 bridgehead atoms. The van der Waals surface area contributed by atoms with Gasteiger partial charge in [0.05, 0.1) is 11.9 Å². The molecule has 2 aromatic heterocycles. The summed E-state index contributed by atoms with van der Waals surface area (Å²) in [5.41, 5.74) is 3.39. The summed E-state index contributed by atoms with van der Waals surface area (Å²) in [4.78, 5) is 4.76. The maximum atomic E-state index is 11.9. The molecule has 4 rings (SSSR count). The van der Waals surface area contributed by atoms with Gasteiger partial charge in [0, 0.05) is 42.8 Å². The highest BCUT2D eigenvalue weighted by molar-refractivity contribution is 7.98. The molecule has 1 aliphatic heterocycles. The molecule has 0 unspecified atom stereocenters. The second-order valence-electron chi connectivity index (χ2n) is 7.66. The van der Waals surface area contributed by atoms with Crippen LogP contribution < -0.4 is 0 Å². The number of benzene rings is 1. The van der Waals surface area contributed by atoms with Gasteiger partial charge in [0.15, 0.2) is 5.16 Å². The summed E-state index contributed by atoms with van der Waals surface area (Å²) < 4.78 is 27.4. The molecule has 1 fully saturated rings. The number of aryl methyl sites for hydroxylation is 1. The first kappa shape index (κ1) is 21.5. The van der Waals surface area contributed by atoms with Gasteiger partial charge in [-0.05, 0) is 19.8 Å². The lowest BCUT2D eigenvalue weighted by atomic mass is 9.99. The molecule has 30 heavy (non-hydrogen) atoms. The first-order valence-electron chi connectivity index (χ1n) is 9.80. The number of thioether (sulfide) groups is 1. The van der Waals surface area contributed by atoms with E-state index in [0.717, 1.165) is 40.1 Å². The molecule has 1 aliphatic rings. The summed E-state index contributed by atoms with van der Waals surface area (Å²) in [7, 11) is -1.22. The van der Waals surface area contributed by atoms with E-state index in [2.05, 4.69) is 46.8 Å². The number of hydrogen-bond acceptors (Lipinski definition) is 7. The van der Waals surface area contributed by atoms with Crippen LogP contribution >= 0.6 is 23.1 Å². The molecular formula is C20H25N5O2S3. The molecule has 3 heterocycles. The molecule has 1 atom stereocenters. The zero-order chi connectivity index (χ0) is 21.3. The molecule has 0 spiro atoms. The Labute approximate surface area is 185 Å². The van der Waals surface area contributed by atoms with Crippen LogP contribution in [0.25, 0.3) is 10.6 Å². The van der Waals surface area contributed by atoms with Crippen LogP contribution in [0.4, 0.5) is 0 Å². The lowest BCUT2D eigenvalue weighted by molar-refractivity contribution is 0.307. The van der Waals surface area contributed by atoms with Crippen LogP contribution in [0.3, 0.4) is 0 Å². The average molecular weight is 464 g/mol. The minimum absolute atomic E-state index is 0.0766. The third-order valence-electron chi connectivity index (χ3n) is 5.29. The minimum Gasteiger partial charge on any atom is -0.309 e. The van der Waals surface area contributed by atoms with Crippen LogP contribution in [0.15, 0.2) is 34.8 Å². The van der Waals surface area contributed by atoms with E-state index >= 15 is 0 Å². The van der Waals surface area contributed by atoms with Gasteiger partial charge in [-0.15, -0.1) is 21.5 Å². The number of piperidine rings is 1. The fraction of sp³-hybridized carbons (Fsp3) is 0.450. The Morgan fingerprint density at radius 1 is 1.23 bits per heavy atom. The highest BCUT2D eigenvalue weighted by Crippen LogP contribution is 2.31. The Hall–Kier alpha value is -1.75. The van der Waals surface area contributed by atoms with Gasteiger partial charge >= 0.3 is 0 Å². The van der Waals surface area contributed by atoms with Crippen molar-refractivity contribution in [2.75, 3.05) is 19.3 Å². The van der Waals surface area contributed by atoms with E-state index in [-0.39, 0.29) is 5.92 Å². The summed E-state index contributed by atoms with van der Waals surface area (Å²) in [6.45, 7) is 3.14. The van der Waals surface area contributed by atoms with E-state index in [1.165, 1.54) is 11.8 Å². The van der Waals surface area contributed by atoms with Crippen molar-refractivity contribution in [1.29, 1.82) is 0 Å². The zero-order valence-electron chi connectivity index (χ0n) is 17.3. The van der Waals surface area contributed by atoms with Crippen LogP contribution in [0.5, 0.6) is 0 Å². The zero-order valence-corrected chi connectivity index (χ0v) is 19.7. The van der Waals surface area contributed by atoms with E-state index in [1.807, 2.05) is 11.6 Å². The van der Waals surface area contributed by atoms with Crippen LogP contribution in [-0.4, -0.2) is 51.8 Å². The molecule has 1 saturated heterocycles. The summed E-state index contributed by atoms with van der Waals surface area (Å²) in [6.07, 6.45) is 3.04. The van der Waals surface area contributed by atoms with Crippen molar-refractivity contribution < 1.29 is 8.42 Å². The van der Waals surface area contributed by atoms with Crippen molar-refractivity contribution in [1.82, 2.24) is 24.1 Å². The van der Waals surface area contributed by atoms with Crippen molar-refractivity contribution in [3.63, 3.8) is 0 Å². The molecule has 3 aromatic rings. The number of sulfonamides is 1. The van der Waals surface area contributed by atoms with E-state index < -0.39 is 10.0 Å². The number of aromatic nitrogens is 4. The molecule has 0 radical (unpaired) electrons. The topological polar surface area (TPSA) is 81.0 Å². The van der Waals surface area contributed by atoms with E-state index in [1.54, 1.807) is 27.4 Å². The van der Waals surface area contributed by atoms with Gasteiger partial charge in [-0.1, -0.05) is 41.6 Å². The largest absolute Gasteiger partial charge is 0.309 e. The van der Waals surface area contributed by atoms with Crippen LogP contribution in [-0.2, 0) is 22.8 Å². The normalized spacial score (nSPS) is 18.0. The molecular weight excluding hydrogens is 438 g/mol. The van der Waals surface area contributed by atoms with Crippen molar-refractivity contribution in [3.8, 4) is 10.6 Å². The lowest BCUT2D eigenvalue weighted by Crippen LogP contribution is -2.39. The molecule has 7 nitrogen and oxygen atoms in total. The van der Waals surface area contributed by atoms with Gasteiger partial charge in [-0.2, -0.15) is 0 Å². The van der Waals surface area contributed by atoms with E-state index in [9.17, 15) is 8.42 Å². The highest BCUT2D eigenvalue weighted by Gasteiger charge is 2.30. The van der Waals surface area contributed by atoms with Crippen molar-refractivity contribution >= 4 is 33.1 Å². The van der Waals surface area contributed by atoms with Crippen molar-refractivity contribution in [2.45, 2.75) is 36.6 Å². The first-order valence-corrected chi connectivity index (χ1v) is 13.5. The molecule has 160 valence electrons. The maximum Gasteiger partial charge on any atom is 0.211 e. The van der Waals surface area contributed by atoms with Crippen LogP contribution in [0, 0.1) is 6.92 Å². The van der Waals surface area contributed by atoms with E-state index in [4.69, 9.17) is 4.98 Å². The Morgan fingerprint density at radius 2 is 2.00 bits per heavy atom. The minimum atomic E-state index is -3.18. The van der Waals surface area contributed by atoms with Gasteiger partial charge in [0.25, 0.3) is 0 Å². The van der Waals surface area contributed by atoms with Gasteiger partial charge in [-0.3, -0.25) is 0 Å². The summed E-state index contributed by atoms with van der Waals surface area (Å²) >= 11 is 3.25. The highest BCUT2D eigenvalue weighted by atomic mass is 32.2. The monoisotopic (exact) mass is 463 g/mol. The second-order valence-corrected chi connectivity index (χ2v) is 11.4. The number of nitrogens with zero attached hydrogens (tertiary/aromatic N) is 5. The fourth-order valence-corrected chi connectivity index (χ4v) is 6.26. The number of rotatable bonds is 6. The quantitative estimate of drug-likeness (QED) is 0.519. The summed E-state index contributed by atoms with van der Waals surface area (Å²) in [5.74, 6) is 1.64. The number of hydrogen-bond donors (Lipinski definition) is 0. The third-order valence-corrected chi connectivity index (χ3v) is 8.55. The Bertz CT molecular complexity index is 1120. The van der Waals surface area contributed by atoms with Gasteiger partial charge in [0.2, 0.25) is 10.0 Å². The van der Waals surface area contributed by atoms with Gasteiger partial charge in [-0.25, -0.2) is 17.7 Å². The second kappa shape index (κ2) is 8.78. The molecule has 0 saturated carbocycles. The van der Waals surface area contributed by atoms with Crippen LogP contribution in [0.2, 0.25) is 0 Å². The predicted octanol–water partition coefficient (Wildman–Crippen LogP) is 3.68. The van der Waals surface area contributed by atoms with Gasteiger partial charge < -0.3 is 4.57 Å². The van der Waals surface area contributed by atoms with Crippen molar-refractivity contribution in [2.24, 2.45) is 7.05 Å². The van der Waals surface area contributed by atoms with Crippen LogP contribution in [0.1, 0.15) is 35.8 Å².